The maximum atomic E-state index is 4.97. The number of methoxy groups -OCH3 is 1. The third kappa shape index (κ3) is 8.17. The Morgan fingerprint density at radius 2 is 2.27 bits per heavy atom. The fourth-order valence-electron chi connectivity index (χ4n) is 0.804. The smallest absolute Gasteiger partial charge is 0.0476 e. The molecule has 2 nitrogen and oxygen atoms in total. The summed E-state index contributed by atoms with van der Waals surface area (Å²) in [5.41, 5.74) is 0. The van der Waals surface area contributed by atoms with Crippen molar-refractivity contribution in [3.05, 3.63) is 0 Å². The summed E-state index contributed by atoms with van der Waals surface area (Å²) in [6.45, 7) is 4.15. The van der Waals surface area contributed by atoms with E-state index < -0.39 is 0 Å². The lowest BCUT2D eigenvalue weighted by molar-refractivity contribution is 0.185. The van der Waals surface area contributed by atoms with E-state index in [4.69, 9.17) is 4.74 Å². The predicted octanol–water partition coefficient (Wildman–Crippen LogP) is 1.36. The summed E-state index contributed by atoms with van der Waals surface area (Å²) >= 11 is 1.87. The first kappa shape index (κ1) is 11.3. The Labute approximate surface area is 74.1 Å². The summed E-state index contributed by atoms with van der Waals surface area (Å²) in [5.74, 6) is 1.19. The first-order chi connectivity index (χ1) is 5.31. The molecule has 0 amide bonds. The van der Waals surface area contributed by atoms with Crippen LogP contribution in [0.2, 0.25) is 0 Å². The molecule has 0 aromatic heterocycles. The molecule has 0 aliphatic rings. The number of thioether (sulfide) groups is 1. The van der Waals surface area contributed by atoms with Crippen molar-refractivity contribution in [1.82, 2.24) is 5.32 Å². The number of hydrogen-bond donors (Lipinski definition) is 1. The summed E-state index contributed by atoms with van der Waals surface area (Å²) in [6, 6.07) is 0.585. The SMILES string of the molecule is COCCC(C)NCCSC. The molecule has 68 valence electrons. The lowest BCUT2D eigenvalue weighted by atomic mass is 10.2. The number of nitrogens with one attached hydrogen (secondary N) is 1. The van der Waals surface area contributed by atoms with Crippen molar-refractivity contribution < 1.29 is 4.74 Å². The van der Waals surface area contributed by atoms with Gasteiger partial charge in [0.25, 0.3) is 0 Å². The lowest BCUT2D eigenvalue weighted by Crippen LogP contribution is -2.29. The number of rotatable bonds is 7. The van der Waals surface area contributed by atoms with Crippen LogP contribution < -0.4 is 5.32 Å². The molecule has 0 aliphatic carbocycles. The highest BCUT2D eigenvalue weighted by atomic mass is 32.2. The highest BCUT2D eigenvalue weighted by molar-refractivity contribution is 7.98. The molecule has 11 heavy (non-hydrogen) atoms. The summed E-state index contributed by atoms with van der Waals surface area (Å²) < 4.78 is 4.97. The maximum absolute atomic E-state index is 4.97. The third-order valence-electron chi connectivity index (χ3n) is 1.55. The minimum atomic E-state index is 0.585. The van der Waals surface area contributed by atoms with Gasteiger partial charge in [0.1, 0.15) is 0 Å². The van der Waals surface area contributed by atoms with Gasteiger partial charge in [0, 0.05) is 32.1 Å². The zero-order valence-corrected chi connectivity index (χ0v) is 8.54. The quantitative estimate of drug-likeness (QED) is 0.593. The first-order valence-corrected chi connectivity index (χ1v) is 5.42. The molecule has 0 aliphatic heterocycles. The summed E-state index contributed by atoms with van der Waals surface area (Å²) in [7, 11) is 1.74. The van der Waals surface area contributed by atoms with Crippen molar-refractivity contribution in [3.63, 3.8) is 0 Å². The summed E-state index contributed by atoms with van der Waals surface area (Å²) in [6.07, 6.45) is 3.23. The molecule has 0 aromatic carbocycles. The van der Waals surface area contributed by atoms with Gasteiger partial charge in [0.15, 0.2) is 0 Å². The van der Waals surface area contributed by atoms with Gasteiger partial charge in [-0.2, -0.15) is 11.8 Å². The van der Waals surface area contributed by atoms with E-state index >= 15 is 0 Å². The molecule has 3 heteroatoms. The first-order valence-electron chi connectivity index (χ1n) is 4.02. The van der Waals surface area contributed by atoms with Gasteiger partial charge in [-0.15, -0.1) is 0 Å². The highest BCUT2D eigenvalue weighted by Crippen LogP contribution is 1.92. The Morgan fingerprint density at radius 1 is 1.55 bits per heavy atom. The van der Waals surface area contributed by atoms with Crippen LogP contribution in [0.3, 0.4) is 0 Å². The maximum Gasteiger partial charge on any atom is 0.0476 e. The van der Waals surface area contributed by atoms with Crippen LogP contribution in [0.5, 0.6) is 0 Å². The number of hydrogen-bond acceptors (Lipinski definition) is 3. The highest BCUT2D eigenvalue weighted by Gasteiger charge is 1.98. The summed E-state index contributed by atoms with van der Waals surface area (Å²) in [4.78, 5) is 0. The monoisotopic (exact) mass is 177 g/mol. The van der Waals surface area contributed by atoms with E-state index in [1.165, 1.54) is 5.75 Å². The van der Waals surface area contributed by atoms with Crippen molar-refractivity contribution in [2.45, 2.75) is 19.4 Å². The van der Waals surface area contributed by atoms with Crippen LogP contribution >= 0.6 is 11.8 Å². The molecule has 0 aromatic rings. The second-order valence-electron chi connectivity index (χ2n) is 2.63. The van der Waals surface area contributed by atoms with Gasteiger partial charge >= 0.3 is 0 Å². The zero-order valence-electron chi connectivity index (χ0n) is 7.72. The van der Waals surface area contributed by atoms with Gasteiger partial charge < -0.3 is 10.1 Å². The van der Waals surface area contributed by atoms with Gasteiger partial charge in [-0.05, 0) is 19.6 Å². The predicted molar refractivity (Wildman–Crippen MR) is 52.3 cm³/mol. The Kier molecular flexibility index (Phi) is 8.57. The fourth-order valence-corrected chi connectivity index (χ4v) is 1.13. The molecule has 0 rings (SSSR count). The van der Waals surface area contributed by atoms with Crippen molar-refractivity contribution in [2.75, 3.05) is 32.3 Å². The van der Waals surface area contributed by atoms with Crippen molar-refractivity contribution in [1.29, 1.82) is 0 Å². The molecule has 0 saturated heterocycles. The average molecular weight is 177 g/mol. The Morgan fingerprint density at radius 3 is 2.82 bits per heavy atom. The van der Waals surface area contributed by atoms with E-state index in [0.29, 0.717) is 6.04 Å². The van der Waals surface area contributed by atoms with E-state index in [2.05, 4.69) is 18.5 Å². The van der Waals surface area contributed by atoms with Gasteiger partial charge in [0.05, 0.1) is 0 Å². The summed E-state index contributed by atoms with van der Waals surface area (Å²) in [5, 5.41) is 3.42. The molecular weight excluding hydrogens is 158 g/mol. The van der Waals surface area contributed by atoms with Gasteiger partial charge in [-0.3, -0.25) is 0 Å². The van der Waals surface area contributed by atoms with Crippen LogP contribution in [0.15, 0.2) is 0 Å². The molecule has 0 fully saturated rings. The molecule has 0 saturated carbocycles. The molecule has 0 spiro atoms. The van der Waals surface area contributed by atoms with Crippen LogP contribution in [-0.2, 0) is 4.74 Å². The normalized spacial score (nSPS) is 13.4. The fraction of sp³-hybridized carbons (Fsp3) is 1.00. The zero-order chi connectivity index (χ0) is 8.53. The Hall–Kier alpha value is 0.270. The van der Waals surface area contributed by atoms with E-state index in [0.717, 1.165) is 19.6 Å². The molecule has 1 atom stereocenters. The van der Waals surface area contributed by atoms with Crippen LogP contribution in [0, 0.1) is 0 Å². The van der Waals surface area contributed by atoms with Crippen LogP contribution in [-0.4, -0.2) is 38.3 Å². The molecule has 0 radical (unpaired) electrons. The molecule has 1 unspecified atom stereocenters. The minimum Gasteiger partial charge on any atom is -0.385 e. The Balaban J connectivity index is 3.02. The van der Waals surface area contributed by atoms with Crippen LogP contribution in [0.4, 0.5) is 0 Å². The number of ether oxygens (including phenoxy) is 1. The van der Waals surface area contributed by atoms with Crippen molar-refractivity contribution in [3.8, 4) is 0 Å². The minimum absolute atomic E-state index is 0.585. The Bertz CT molecular complexity index is 80.5. The third-order valence-corrected chi connectivity index (χ3v) is 2.17. The van der Waals surface area contributed by atoms with E-state index in [1.807, 2.05) is 11.8 Å². The molecule has 0 bridgehead atoms. The van der Waals surface area contributed by atoms with Gasteiger partial charge in [0.2, 0.25) is 0 Å². The lowest BCUT2D eigenvalue weighted by Gasteiger charge is -2.11. The van der Waals surface area contributed by atoms with E-state index in [1.54, 1.807) is 7.11 Å². The topological polar surface area (TPSA) is 21.3 Å². The molecule has 0 heterocycles. The van der Waals surface area contributed by atoms with Gasteiger partial charge in [-0.1, -0.05) is 0 Å². The second-order valence-corrected chi connectivity index (χ2v) is 3.62. The second kappa shape index (κ2) is 8.37. The largest absolute Gasteiger partial charge is 0.385 e. The molecule has 1 N–H and O–H groups in total. The average Bonchev–Trinajstić information content (AvgIpc) is 2.01. The van der Waals surface area contributed by atoms with Crippen molar-refractivity contribution in [2.24, 2.45) is 0 Å². The molecular formula is C8H19NOS. The van der Waals surface area contributed by atoms with E-state index in [9.17, 15) is 0 Å². The van der Waals surface area contributed by atoms with E-state index in [-0.39, 0.29) is 0 Å². The standard InChI is InChI=1S/C8H19NOS/c1-8(4-6-10-2)9-5-7-11-3/h8-9H,4-7H2,1-3H3. The van der Waals surface area contributed by atoms with Gasteiger partial charge in [-0.25, -0.2) is 0 Å². The van der Waals surface area contributed by atoms with Crippen molar-refractivity contribution >= 4 is 11.8 Å². The van der Waals surface area contributed by atoms with Crippen LogP contribution in [0.1, 0.15) is 13.3 Å². The van der Waals surface area contributed by atoms with Crippen LogP contribution in [0.25, 0.3) is 0 Å².